The molecule has 3 N–H and O–H groups in total. The zero-order valence-electron chi connectivity index (χ0n) is 11.2. The average Bonchev–Trinajstić information content (AvgIpc) is 3.12. The minimum atomic E-state index is -0.447. The van der Waals surface area contributed by atoms with Crippen LogP contribution in [0.3, 0.4) is 0 Å². The van der Waals surface area contributed by atoms with Crippen LogP contribution in [-0.4, -0.2) is 36.5 Å². The Morgan fingerprint density at radius 1 is 1.28 bits per heavy atom. The van der Waals surface area contributed by atoms with Gasteiger partial charge in [0.1, 0.15) is 6.04 Å². The molecule has 0 bridgehead atoms. The molecule has 2 rings (SSSR count). The van der Waals surface area contributed by atoms with E-state index in [1.165, 1.54) is 0 Å². The first kappa shape index (κ1) is 13.3. The van der Waals surface area contributed by atoms with Crippen LogP contribution >= 0.6 is 0 Å². The van der Waals surface area contributed by atoms with E-state index in [1.54, 1.807) is 6.92 Å². The topological polar surface area (TPSA) is 70.2 Å². The second kappa shape index (κ2) is 5.69. The summed E-state index contributed by atoms with van der Waals surface area (Å²) in [5, 5.41) is 8.89. The fourth-order valence-electron chi connectivity index (χ4n) is 2.24. The third-order valence-corrected chi connectivity index (χ3v) is 3.66. The Balaban J connectivity index is 1.76. The van der Waals surface area contributed by atoms with Crippen molar-refractivity contribution in [1.82, 2.24) is 16.0 Å². The predicted molar refractivity (Wildman–Crippen MR) is 69.0 cm³/mol. The molecule has 3 unspecified atom stereocenters. The van der Waals surface area contributed by atoms with E-state index in [1.807, 2.05) is 0 Å². The van der Waals surface area contributed by atoms with Crippen molar-refractivity contribution in [2.24, 2.45) is 5.92 Å². The van der Waals surface area contributed by atoms with E-state index in [0.717, 1.165) is 32.2 Å². The molecule has 1 aliphatic carbocycles. The zero-order valence-corrected chi connectivity index (χ0v) is 11.2. The van der Waals surface area contributed by atoms with Crippen molar-refractivity contribution >= 4 is 11.8 Å². The Kier molecular flexibility index (Phi) is 4.22. The highest BCUT2D eigenvalue weighted by Crippen LogP contribution is 2.18. The molecule has 2 aliphatic rings. The van der Waals surface area contributed by atoms with Gasteiger partial charge in [-0.05, 0) is 45.1 Å². The quantitative estimate of drug-likeness (QED) is 0.668. The van der Waals surface area contributed by atoms with Crippen molar-refractivity contribution in [1.29, 1.82) is 0 Å². The van der Waals surface area contributed by atoms with Crippen LogP contribution in [0.5, 0.6) is 0 Å². The van der Waals surface area contributed by atoms with Gasteiger partial charge in [-0.15, -0.1) is 0 Å². The lowest BCUT2D eigenvalue weighted by molar-refractivity contribution is -0.130. The minimum Gasteiger partial charge on any atom is -0.352 e. The van der Waals surface area contributed by atoms with Gasteiger partial charge in [0.15, 0.2) is 0 Å². The summed E-state index contributed by atoms with van der Waals surface area (Å²) in [7, 11) is 0. The van der Waals surface area contributed by atoms with Crippen LogP contribution in [0.15, 0.2) is 0 Å². The number of piperidine rings is 1. The lowest BCUT2D eigenvalue weighted by atomic mass is 9.94. The van der Waals surface area contributed by atoms with Gasteiger partial charge in [0, 0.05) is 6.04 Å². The summed E-state index contributed by atoms with van der Waals surface area (Å²) >= 11 is 0. The van der Waals surface area contributed by atoms with E-state index >= 15 is 0 Å². The van der Waals surface area contributed by atoms with Crippen molar-refractivity contribution < 1.29 is 9.59 Å². The maximum absolute atomic E-state index is 12.0. The molecule has 0 aromatic heterocycles. The average molecular weight is 253 g/mol. The number of carbonyl (C=O) groups is 2. The molecule has 0 aromatic rings. The molecule has 0 radical (unpaired) electrons. The summed E-state index contributed by atoms with van der Waals surface area (Å²) in [6, 6.07) is -0.258. The van der Waals surface area contributed by atoms with Crippen molar-refractivity contribution in [3.05, 3.63) is 0 Å². The Morgan fingerprint density at radius 3 is 2.61 bits per heavy atom. The summed E-state index contributed by atoms with van der Waals surface area (Å²) < 4.78 is 0. The maximum Gasteiger partial charge on any atom is 0.242 e. The molecule has 1 saturated heterocycles. The minimum absolute atomic E-state index is 0.0556. The molecule has 1 saturated carbocycles. The van der Waals surface area contributed by atoms with E-state index in [0.29, 0.717) is 12.0 Å². The normalized spacial score (nSPS) is 29.4. The third-order valence-electron chi connectivity index (χ3n) is 3.66. The molecular formula is C13H23N3O2. The van der Waals surface area contributed by atoms with E-state index in [9.17, 15) is 9.59 Å². The summed E-state index contributed by atoms with van der Waals surface area (Å²) in [5.41, 5.74) is 0. The number of nitrogens with one attached hydrogen (secondary N) is 3. The smallest absolute Gasteiger partial charge is 0.242 e. The third kappa shape index (κ3) is 3.70. The van der Waals surface area contributed by atoms with Gasteiger partial charge in [0.2, 0.25) is 11.8 Å². The lowest BCUT2D eigenvalue weighted by Crippen LogP contribution is -2.53. The molecule has 5 heteroatoms. The number of carbonyl (C=O) groups excluding carboxylic acids is 2. The van der Waals surface area contributed by atoms with Crippen LogP contribution in [0.25, 0.3) is 0 Å². The molecule has 0 aromatic carbocycles. The summed E-state index contributed by atoms with van der Waals surface area (Å²) in [4.78, 5) is 23.7. The number of hydrogen-bond acceptors (Lipinski definition) is 3. The fourth-order valence-corrected chi connectivity index (χ4v) is 2.24. The van der Waals surface area contributed by atoms with Crippen molar-refractivity contribution in [3.8, 4) is 0 Å². The molecule has 3 atom stereocenters. The molecule has 1 aliphatic heterocycles. The first-order valence-corrected chi connectivity index (χ1v) is 6.90. The molecule has 2 amide bonds. The Labute approximate surface area is 108 Å². The number of amides is 2. The Hall–Kier alpha value is -1.10. The van der Waals surface area contributed by atoms with Gasteiger partial charge in [-0.25, -0.2) is 0 Å². The van der Waals surface area contributed by atoms with Gasteiger partial charge < -0.3 is 16.0 Å². The van der Waals surface area contributed by atoms with Crippen LogP contribution in [0, 0.1) is 5.92 Å². The van der Waals surface area contributed by atoms with E-state index in [2.05, 4.69) is 22.9 Å². The molecule has 102 valence electrons. The van der Waals surface area contributed by atoms with E-state index in [4.69, 9.17) is 0 Å². The second-order valence-corrected chi connectivity index (χ2v) is 5.65. The summed E-state index contributed by atoms with van der Waals surface area (Å²) in [6.07, 6.45) is 4.09. The van der Waals surface area contributed by atoms with Gasteiger partial charge in [0.05, 0.1) is 6.04 Å². The standard InChI is InChI=1S/C13H23N3O2/c1-8-5-6-14-11(7-8)13(18)15-9(2)12(17)16-10-3-4-10/h8-11,14H,3-7H2,1-2H3,(H,15,18)(H,16,17). The van der Waals surface area contributed by atoms with Crippen LogP contribution < -0.4 is 16.0 Å². The zero-order chi connectivity index (χ0) is 13.1. The van der Waals surface area contributed by atoms with Crippen molar-refractivity contribution in [3.63, 3.8) is 0 Å². The van der Waals surface area contributed by atoms with Gasteiger partial charge in [-0.2, -0.15) is 0 Å². The van der Waals surface area contributed by atoms with Crippen LogP contribution in [-0.2, 0) is 9.59 Å². The monoisotopic (exact) mass is 253 g/mol. The fraction of sp³-hybridized carbons (Fsp3) is 0.846. The molecule has 5 nitrogen and oxygen atoms in total. The first-order chi connectivity index (χ1) is 8.56. The SMILES string of the molecule is CC1CCNC(C(=O)NC(C)C(=O)NC2CC2)C1. The molecule has 1 heterocycles. The van der Waals surface area contributed by atoms with E-state index in [-0.39, 0.29) is 17.9 Å². The molecule has 18 heavy (non-hydrogen) atoms. The van der Waals surface area contributed by atoms with Crippen molar-refractivity contribution in [2.75, 3.05) is 6.54 Å². The van der Waals surface area contributed by atoms with Gasteiger partial charge in [0.25, 0.3) is 0 Å². The molecule has 0 spiro atoms. The Bertz CT molecular complexity index is 328. The first-order valence-electron chi connectivity index (χ1n) is 6.90. The van der Waals surface area contributed by atoms with Crippen LogP contribution in [0.2, 0.25) is 0 Å². The number of hydrogen-bond donors (Lipinski definition) is 3. The van der Waals surface area contributed by atoms with Gasteiger partial charge >= 0.3 is 0 Å². The van der Waals surface area contributed by atoms with Gasteiger partial charge in [-0.3, -0.25) is 9.59 Å². The highest BCUT2D eigenvalue weighted by Gasteiger charge is 2.29. The van der Waals surface area contributed by atoms with Crippen molar-refractivity contribution in [2.45, 2.75) is 57.7 Å². The summed E-state index contributed by atoms with van der Waals surface area (Å²) in [6.45, 7) is 4.77. The highest BCUT2D eigenvalue weighted by atomic mass is 16.2. The van der Waals surface area contributed by atoms with Crippen LogP contribution in [0.4, 0.5) is 0 Å². The second-order valence-electron chi connectivity index (χ2n) is 5.65. The molecular weight excluding hydrogens is 230 g/mol. The lowest BCUT2D eigenvalue weighted by Gasteiger charge is -2.28. The maximum atomic E-state index is 12.0. The predicted octanol–water partition coefficient (Wildman–Crippen LogP) is 0.158. The van der Waals surface area contributed by atoms with Gasteiger partial charge in [-0.1, -0.05) is 6.92 Å². The molecule has 2 fully saturated rings. The van der Waals surface area contributed by atoms with Crippen LogP contribution in [0.1, 0.15) is 39.5 Å². The summed E-state index contributed by atoms with van der Waals surface area (Å²) in [5.74, 6) is 0.437. The Morgan fingerprint density at radius 2 is 2.00 bits per heavy atom. The highest BCUT2D eigenvalue weighted by molar-refractivity contribution is 5.89. The number of rotatable bonds is 4. The van der Waals surface area contributed by atoms with E-state index < -0.39 is 6.04 Å². The largest absolute Gasteiger partial charge is 0.352 e.